The first-order chi connectivity index (χ1) is 10.4. The number of pyridine rings is 1. The molecule has 0 aliphatic heterocycles. The number of hydrogen-bond donors (Lipinski definition) is 0. The molecule has 0 radical (unpaired) electrons. The van der Waals surface area contributed by atoms with Crippen molar-refractivity contribution in [2.45, 2.75) is 26.4 Å². The van der Waals surface area contributed by atoms with Gasteiger partial charge in [0.05, 0.1) is 17.7 Å². The van der Waals surface area contributed by atoms with Crippen LogP contribution in [0.5, 0.6) is 0 Å². The Balaban J connectivity index is 2.53. The lowest BCUT2D eigenvalue weighted by atomic mass is 10.1. The quantitative estimate of drug-likeness (QED) is 0.808. The number of rotatable bonds is 4. The monoisotopic (exact) mass is 314 g/mol. The van der Waals surface area contributed by atoms with E-state index in [4.69, 9.17) is 9.15 Å². The molecule has 0 fully saturated rings. The molecule has 0 unspecified atom stereocenters. The van der Waals surface area contributed by atoms with E-state index >= 15 is 0 Å². The third-order valence-corrected chi connectivity index (χ3v) is 2.84. The van der Waals surface area contributed by atoms with Gasteiger partial charge in [0.2, 0.25) is 5.89 Å². The van der Waals surface area contributed by atoms with Crippen LogP contribution in [0.1, 0.15) is 35.7 Å². The van der Waals surface area contributed by atoms with Gasteiger partial charge in [-0.3, -0.25) is 4.98 Å². The van der Waals surface area contributed by atoms with Gasteiger partial charge in [-0.25, -0.2) is 9.78 Å². The smallest absolute Gasteiger partial charge is 0.417 e. The maximum Gasteiger partial charge on any atom is 0.417 e. The SMILES string of the molecule is CCOC(=O)c1nc(-c2cnccc2C(F)(F)F)oc1CC. The van der Waals surface area contributed by atoms with Crippen LogP contribution in [0.25, 0.3) is 11.5 Å². The van der Waals surface area contributed by atoms with Crippen LogP contribution in [-0.2, 0) is 17.3 Å². The molecule has 0 bridgehead atoms. The summed E-state index contributed by atoms with van der Waals surface area (Å²) in [6.45, 7) is 3.44. The molecule has 0 N–H and O–H groups in total. The van der Waals surface area contributed by atoms with Gasteiger partial charge in [-0.05, 0) is 13.0 Å². The molecule has 22 heavy (non-hydrogen) atoms. The van der Waals surface area contributed by atoms with E-state index in [1.807, 2.05) is 0 Å². The lowest BCUT2D eigenvalue weighted by Crippen LogP contribution is -2.08. The number of nitrogens with zero attached hydrogens (tertiary/aromatic N) is 2. The predicted molar refractivity (Wildman–Crippen MR) is 70.1 cm³/mol. The summed E-state index contributed by atoms with van der Waals surface area (Å²) in [6.07, 6.45) is -2.25. The van der Waals surface area contributed by atoms with Gasteiger partial charge in [-0.2, -0.15) is 13.2 Å². The molecular weight excluding hydrogens is 301 g/mol. The molecule has 2 aromatic rings. The number of carbonyl (C=O) groups excluding carboxylic acids is 1. The standard InChI is InChI=1S/C14H13F3N2O3/c1-3-10-11(13(20)21-4-2)19-12(22-10)8-7-18-6-5-9(8)14(15,16)17/h5-7H,3-4H2,1-2H3. The minimum Gasteiger partial charge on any atom is -0.461 e. The Morgan fingerprint density at radius 1 is 1.36 bits per heavy atom. The van der Waals surface area contributed by atoms with Gasteiger partial charge in [0, 0.05) is 18.8 Å². The van der Waals surface area contributed by atoms with E-state index in [0.717, 1.165) is 18.5 Å². The van der Waals surface area contributed by atoms with Gasteiger partial charge in [0.1, 0.15) is 5.76 Å². The van der Waals surface area contributed by atoms with Gasteiger partial charge in [-0.1, -0.05) is 6.92 Å². The molecule has 5 nitrogen and oxygen atoms in total. The van der Waals surface area contributed by atoms with Crippen molar-refractivity contribution >= 4 is 5.97 Å². The summed E-state index contributed by atoms with van der Waals surface area (Å²) in [5.74, 6) is -0.863. The highest BCUT2D eigenvalue weighted by atomic mass is 19.4. The van der Waals surface area contributed by atoms with Crippen molar-refractivity contribution in [1.29, 1.82) is 0 Å². The maximum atomic E-state index is 13.0. The Labute approximate surface area is 124 Å². The van der Waals surface area contributed by atoms with Gasteiger partial charge in [0.25, 0.3) is 0 Å². The first kappa shape index (κ1) is 16.0. The van der Waals surface area contributed by atoms with Crippen molar-refractivity contribution in [3.05, 3.63) is 35.5 Å². The zero-order chi connectivity index (χ0) is 16.3. The van der Waals surface area contributed by atoms with E-state index in [1.165, 1.54) is 0 Å². The second-order valence-electron chi connectivity index (χ2n) is 4.28. The van der Waals surface area contributed by atoms with Gasteiger partial charge >= 0.3 is 12.1 Å². The van der Waals surface area contributed by atoms with E-state index in [9.17, 15) is 18.0 Å². The summed E-state index contributed by atoms with van der Waals surface area (Å²) in [5.41, 5.74) is -1.36. The molecule has 0 saturated heterocycles. The summed E-state index contributed by atoms with van der Waals surface area (Å²) >= 11 is 0. The molecular formula is C14H13F3N2O3. The van der Waals surface area contributed by atoms with E-state index in [1.54, 1.807) is 13.8 Å². The Morgan fingerprint density at radius 3 is 2.68 bits per heavy atom. The zero-order valence-corrected chi connectivity index (χ0v) is 11.9. The molecule has 0 aliphatic rings. The lowest BCUT2D eigenvalue weighted by Gasteiger charge is -2.09. The van der Waals surface area contributed by atoms with E-state index in [-0.39, 0.29) is 29.5 Å². The average molecular weight is 314 g/mol. The first-order valence-corrected chi connectivity index (χ1v) is 6.56. The third kappa shape index (κ3) is 3.10. The summed E-state index contributed by atoms with van der Waals surface area (Å²) < 4.78 is 49.2. The summed E-state index contributed by atoms with van der Waals surface area (Å²) in [6, 6.07) is 0.829. The Morgan fingerprint density at radius 2 is 2.09 bits per heavy atom. The molecule has 0 amide bonds. The number of halogens is 3. The summed E-state index contributed by atoms with van der Waals surface area (Å²) in [5, 5.41) is 0. The maximum absolute atomic E-state index is 13.0. The van der Waals surface area contributed by atoms with Crippen LogP contribution < -0.4 is 0 Å². The number of aryl methyl sites for hydroxylation is 1. The summed E-state index contributed by atoms with van der Waals surface area (Å²) in [7, 11) is 0. The molecule has 2 aromatic heterocycles. The van der Waals surface area contributed by atoms with Crippen LogP contribution in [0.2, 0.25) is 0 Å². The second-order valence-corrected chi connectivity index (χ2v) is 4.28. The fourth-order valence-electron chi connectivity index (χ4n) is 1.88. The van der Waals surface area contributed by atoms with Crippen LogP contribution in [0.4, 0.5) is 13.2 Å². The molecule has 0 saturated carbocycles. The summed E-state index contributed by atoms with van der Waals surface area (Å²) in [4.78, 5) is 19.3. The van der Waals surface area contributed by atoms with Gasteiger partial charge < -0.3 is 9.15 Å². The van der Waals surface area contributed by atoms with Crippen LogP contribution in [0.3, 0.4) is 0 Å². The lowest BCUT2D eigenvalue weighted by molar-refractivity contribution is -0.137. The number of aromatic nitrogens is 2. The predicted octanol–water partition coefficient (Wildman–Crippen LogP) is 3.49. The highest BCUT2D eigenvalue weighted by Gasteiger charge is 2.35. The minimum atomic E-state index is -4.58. The largest absolute Gasteiger partial charge is 0.461 e. The Kier molecular flexibility index (Phi) is 4.48. The topological polar surface area (TPSA) is 65.2 Å². The highest BCUT2D eigenvalue weighted by Crippen LogP contribution is 2.36. The zero-order valence-electron chi connectivity index (χ0n) is 11.9. The van der Waals surface area contributed by atoms with Crippen LogP contribution in [0.15, 0.2) is 22.9 Å². The number of oxazole rings is 1. The number of carbonyl (C=O) groups is 1. The molecule has 8 heteroatoms. The number of esters is 1. The van der Waals surface area contributed by atoms with Gasteiger partial charge in [-0.15, -0.1) is 0 Å². The molecule has 0 atom stereocenters. The Hall–Kier alpha value is -2.38. The molecule has 118 valence electrons. The number of ether oxygens (including phenoxy) is 1. The van der Waals surface area contributed by atoms with Crippen LogP contribution >= 0.6 is 0 Å². The molecule has 2 rings (SSSR count). The van der Waals surface area contributed by atoms with Crippen molar-refractivity contribution in [1.82, 2.24) is 9.97 Å². The molecule has 0 spiro atoms. The first-order valence-electron chi connectivity index (χ1n) is 6.56. The number of hydrogen-bond acceptors (Lipinski definition) is 5. The van der Waals surface area contributed by atoms with Crippen molar-refractivity contribution in [3.63, 3.8) is 0 Å². The Bertz CT molecular complexity index is 680. The van der Waals surface area contributed by atoms with Crippen molar-refractivity contribution < 1.29 is 27.1 Å². The highest BCUT2D eigenvalue weighted by molar-refractivity contribution is 5.89. The molecule has 2 heterocycles. The van der Waals surface area contributed by atoms with E-state index in [0.29, 0.717) is 6.42 Å². The minimum absolute atomic E-state index is 0.115. The second kappa shape index (κ2) is 6.17. The van der Waals surface area contributed by atoms with Crippen LogP contribution in [0, 0.1) is 0 Å². The molecule has 0 aliphatic carbocycles. The number of alkyl halides is 3. The fourth-order valence-corrected chi connectivity index (χ4v) is 1.88. The average Bonchev–Trinajstić information content (AvgIpc) is 2.91. The van der Waals surface area contributed by atoms with Crippen molar-refractivity contribution in [3.8, 4) is 11.5 Å². The molecule has 0 aromatic carbocycles. The van der Waals surface area contributed by atoms with E-state index in [2.05, 4.69) is 9.97 Å². The van der Waals surface area contributed by atoms with Crippen molar-refractivity contribution in [2.75, 3.05) is 6.61 Å². The van der Waals surface area contributed by atoms with Crippen LogP contribution in [-0.4, -0.2) is 22.5 Å². The third-order valence-electron chi connectivity index (χ3n) is 2.84. The van der Waals surface area contributed by atoms with Gasteiger partial charge in [0.15, 0.2) is 5.69 Å². The fraction of sp³-hybridized carbons (Fsp3) is 0.357. The van der Waals surface area contributed by atoms with Crippen molar-refractivity contribution in [2.24, 2.45) is 0 Å². The normalized spacial score (nSPS) is 11.5. The van der Waals surface area contributed by atoms with E-state index < -0.39 is 17.7 Å².